The maximum Gasteiger partial charge on any atom is 0.137 e. The molecule has 0 bridgehead atoms. The summed E-state index contributed by atoms with van der Waals surface area (Å²) in [6.07, 6.45) is 0.966. The van der Waals surface area contributed by atoms with Crippen LogP contribution in [0.25, 0.3) is 0 Å². The zero-order chi connectivity index (χ0) is 15.4. The molecule has 1 atom stereocenters. The van der Waals surface area contributed by atoms with E-state index in [0.29, 0.717) is 14.5 Å². The summed E-state index contributed by atoms with van der Waals surface area (Å²) < 4.78 is 14.3. The van der Waals surface area contributed by atoms with Crippen LogP contribution >= 0.6 is 39.1 Å². The Labute approximate surface area is 142 Å². The van der Waals surface area contributed by atoms with Gasteiger partial charge in [-0.15, -0.1) is 0 Å². The summed E-state index contributed by atoms with van der Waals surface area (Å²) in [7, 11) is 0. The number of nitrogens with one attached hydrogen (secondary N) is 1. The highest BCUT2D eigenvalue weighted by molar-refractivity contribution is 9.10. The highest BCUT2D eigenvalue weighted by atomic mass is 79.9. The summed E-state index contributed by atoms with van der Waals surface area (Å²) in [5.74, 6) is -0.297. The van der Waals surface area contributed by atoms with Gasteiger partial charge in [-0.2, -0.15) is 0 Å². The van der Waals surface area contributed by atoms with Crippen molar-refractivity contribution in [3.8, 4) is 0 Å². The molecule has 1 nitrogen and oxygen atoms in total. The van der Waals surface area contributed by atoms with Crippen LogP contribution in [0.15, 0.2) is 40.9 Å². The fourth-order valence-corrected chi connectivity index (χ4v) is 2.78. The van der Waals surface area contributed by atoms with E-state index in [-0.39, 0.29) is 11.9 Å². The molecule has 0 aromatic heterocycles. The van der Waals surface area contributed by atoms with E-state index in [1.165, 1.54) is 6.07 Å². The van der Waals surface area contributed by atoms with Crippen molar-refractivity contribution in [3.63, 3.8) is 0 Å². The van der Waals surface area contributed by atoms with E-state index in [1.807, 2.05) is 12.1 Å². The van der Waals surface area contributed by atoms with Gasteiger partial charge in [0.25, 0.3) is 0 Å². The van der Waals surface area contributed by atoms with E-state index in [0.717, 1.165) is 24.1 Å². The molecule has 0 aliphatic rings. The van der Waals surface area contributed by atoms with Crippen LogP contribution in [0.3, 0.4) is 0 Å². The second-order valence-corrected chi connectivity index (χ2v) is 6.42. The normalized spacial score (nSPS) is 12.4. The number of rotatable bonds is 5. The Kier molecular flexibility index (Phi) is 6.06. The summed E-state index contributed by atoms with van der Waals surface area (Å²) in [4.78, 5) is 0. The average Bonchev–Trinajstić information content (AvgIpc) is 2.46. The Morgan fingerprint density at radius 1 is 1.19 bits per heavy atom. The minimum absolute atomic E-state index is 0.196. The van der Waals surface area contributed by atoms with Gasteiger partial charge in [-0.05, 0) is 70.4 Å². The van der Waals surface area contributed by atoms with Gasteiger partial charge in [-0.3, -0.25) is 0 Å². The van der Waals surface area contributed by atoms with Gasteiger partial charge < -0.3 is 5.32 Å². The first-order valence-corrected chi connectivity index (χ1v) is 8.21. The van der Waals surface area contributed by atoms with Gasteiger partial charge in [0.2, 0.25) is 0 Å². The number of halogens is 4. The summed E-state index contributed by atoms with van der Waals surface area (Å²) in [6, 6.07) is 10.2. The summed E-state index contributed by atoms with van der Waals surface area (Å²) in [5.41, 5.74) is 1.66. The van der Waals surface area contributed by atoms with Crippen LogP contribution in [0, 0.1) is 5.82 Å². The van der Waals surface area contributed by atoms with E-state index < -0.39 is 0 Å². The van der Waals surface area contributed by atoms with Gasteiger partial charge in [-0.25, -0.2) is 4.39 Å². The molecule has 1 unspecified atom stereocenters. The van der Waals surface area contributed by atoms with Gasteiger partial charge in [0.1, 0.15) is 5.82 Å². The minimum Gasteiger partial charge on any atom is -0.306 e. The van der Waals surface area contributed by atoms with Crippen LogP contribution in [-0.4, -0.2) is 6.54 Å². The van der Waals surface area contributed by atoms with E-state index in [1.54, 1.807) is 18.2 Å². The van der Waals surface area contributed by atoms with Crippen molar-refractivity contribution in [2.75, 3.05) is 6.54 Å². The molecule has 0 radical (unpaired) electrons. The molecule has 5 heteroatoms. The third-order valence-corrected chi connectivity index (χ3v) is 4.37. The molecular weight excluding hydrogens is 376 g/mol. The molecule has 112 valence electrons. The summed E-state index contributed by atoms with van der Waals surface area (Å²) >= 11 is 15.5. The number of hydrogen-bond donors (Lipinski definition) is 1. The van der Waals surface area contributed by atoms with Crippen LogP contribution in [0.2, 0.25) is 10.0 Å². The molecule has 0 saturated heterocycles. The van der Waals surface area contributed by atoms with E-state index >= 15 is 0 Å². The summed E-state index contributed by atoms with van der Waals surface area (Å²) in [5, 5.41) is 4.61. The molecule has 0 fully saturated rings. The zero-order valence-corrected chi connectivity index (χ0v) is 14.6. The molecule has 2 aromatic carbocycles. The monoisotopic (exact) mass is 389 g/mol. The van der Waals surface area contributed by atoms with Gasteiger partial charge in [0, 0.05) is 10.0 Å². The Hall–Kier alpha value is -0.610. The third kappa shape index (κ3) is 4.19. The molecular formula is C16H15BrCl2FN. The Bertz CT molecular complexity index is 634. The first-order valence-electron chi connectivity index (χ1n) is 6.66. The largest absolute Gasteiger partial charge is 0.306 e. The number of benzene rings is 2. The topological polar surface area (TPSA) is 12.0 Å². The van der Waals surface area contributed by atoms with Gasteiger partial charge >= 0.3 is 0 Å². The molecule has 0 heterocycles. The maximum atomic E-state index is 13.8. The maximum absolute atomic E-state index is 13.8. The lowest BCUT2D eigenvalue weighted by Crippen LogP contribution is -2.23. The predicted molar refractivity (Wildman–Crippen MR) is 90.7 cm³/mol. The van der Waals surface area contributed by atoms with Gasteiger partial charge in [0.05, 0.1) is 10.5 Å². The highest BCUT2D eigenvalue weighted by Gasteiger charge is 2.18. The molecule has 2 rings (SSSR count). The van der Waals surface area contributed by atoms with Crippen LogP contribution in [0.1, 0.15) is 30.5 Å². The fourth-order valence-electron chi connectivity index (χ4n) is 2.12. The Morgan fingerprint density at radius 2 is 1.95 bits per heavy atom. The minimum atomic E-state index is -0.297. The van der Waals surface area contributed by atoms with Crippen molar-refractivity contribution in [3.05, 3.63) is 67.9 Å². The lowest BCUT2D eigenvalue weighted by molar-refractivity contribution is 0.583. The SMILES string of the molecule is CCCNC(c1ccc(Br)c(F)c1)c1cc(Cl)ccc1Cl. The molecule has 0 amide bonds. The molecule has 2 aromatic rings. The predicted octanol–water partition coefficient (Wildman–Crippen LogP) is 5.98. The smallest absolute Gasteiger partial charge is 0.137 e. The Morgan fingerprint density at radius 3 is 2.62 bits per heavy atom. The highest BCUT2D eigenvalue weighted by Crippen LogP contribution is 2.32. The van der Waals surface area contributed by atoms with Crippen molar-refractivity contribution in [1.29, 1.82) is 0 Å². The second-order valence-electron chi connectivity index (χ2n) is 4.73. The molecule has 21 heavy (non-hydrogen) atoms. The second kappa shape index (κ2) is 7.59. The molecule has 1 N–H and O–H groups in total. The lowest BCUT2D eigenvalue weighted by Gasteiger charge is -2.21. The number of hydrogen-bond acceptors (Lipinski definition) is 1. The molecule has 0 aliphatic carbocycles. The molecule has 0 saturated carbocycles. The fraction of sp³-hybridized carbons (Fsp3) is 0.250. The van der Waals surface area contributed by atoms with Gasteiger partial charge in [-0.1, -0.05) is 36.2 Å². The van der Waals surface area contributed by atoms with E-state index in [4.69, 9.17) is 23.2 Å². The van der Waals surface area contributed by atoms with Crippen molar-refractivity contribution in [2.45, 2.75) is 19.4 Å². The van der Waals surface area contributed by atoms with Crippen LogP contribution < -0.4 is 5.32 Å². The molecule has 0 aliphatic heterocycles. The van der Waals surface area contributed by atoms with Crippen molar-refractivity contribution in [2.24, 2.45) is 0 Å². The Balaban J connectivity index is 2.46. The van der Waals surface area contributed by atoms with Crippen LogP contribution in [0.4, 0.5) is 4.39 Å². The standard InChI is InChI=1S/C16H15BrCl2FN/c1-2-7-21-16(10-3-5-13(17)15(20)8-10)12-9-11(18)4-6-14(12)19/h3-6,8-9,16,21H,2,7H2,1H3. The quantitative estimate of drug-likeness (QED) is 0.661. The van der Waals surface area contributed by atoms with E-state index in [9.17, 15) is 4.39 Å². The van der Waals surface area contributed by atoms with Crippen LogP contribution in [0.5, 0.6) is 0 Å². The van der Waals surface area contributed by atoms with Crippen LogP contribution in [-0.2, 0) is 0 Å². The summed E-state index contributed by atoms with van der Waals surface area (Å²) in [6.45, 7) is 2.87. The van der Waals surface area contributed by atoms with Crippen molar-refractivity contribution >= 4 is 39.1 Å². The first-order chi connectivity index (χ1) is 10.0. The zero-order valence-electron chi connectivity index (χ0n) is 11.5. The van der Waals surface area contributed by atoms with Crippen molar-refractivity contribution in [1.82, 2.24) is 5.32 Å². The van der Waals surface area contributed by atoms with E-state index in [2.05, 4.69) is 28.2 Å². The molecule has 0 spiro atoms. The van der Waals surface area contributed by atoms with Gasteiger partial charge in [0.15, 0.2) is 0 Å². The average molecular weight is 391 g/mol. The third-order valence-electron chi connectivity index (χ3n) is 3.14. The first kappa shape index (κ1) is 16.8. The lowest BCUT2D eigenvalue weighted by atomic mass is 9.98. The van der Waals surface area contributed by atoms with Crippen molar-refractivity contribution < 1.29 is 4.39 Å².